The molecule has 0 saturated carbocycles. The molecule has 2 unspecified atom stereocenters. The van der Waals surface area contributed by atoms with Crippen LogP contribution in [0.1, 0.15) is 37.6 Å². The zero-order valence-electron chi connectivity index (χ0n) is 11.2. The summed E-state index contributed by atoms with van der Waals surface area (Å²) in [6.07, 6.45) is 2.95. The van der Waals surface area contributed by atoms with Gasteiger partial charge in [-0.05, 0) is 36.4 Å². The Balaban J connectivity index is 2.13. The molecule has 0 fully saturated rings. The molecule has 2 aromatic rings. The summed E-state index contributed by atoms with van der Waals surface area (Å²) < 4.78 is 0. The van der Waals surface area contributed by atoms with E-state index in [9.17, 15) is 4.79 Å². The third-order valence-electron chi connectivity index (χ3n) is 3.67. The van der Waals surface area contributed by atoms with Crippen LogP contribution in [0.2, 0.25) is 0 Å². The van der Waals surface area contributed by atoms with Gasteiger partial charge in [-0.25, -0.2) is 0 Å². The monoisotopic (exact) mass is 244 g/mol. The van der Waals surface area contributed by atoms with Gasteiger partial charge in [0.2, 0.25) is 0 Å². The first-order chi connectivity index (χ1) is 8.61. The first-order valence-corrected chi connectivity index (χ1v) is 6.49. The number of hydrogen-bond acceptors (Lipinski definition) is 1. The van der Waals surface area contributed by atoms with E-state index in [4.69, 9.17) is 0 Å². The third-order valence-corrected chi connectivity index (χ3v) is 3.67. The minimum absolute atomic E-state index is 0.000648. The first kappa shape index (κ1) is 12.7. The van der Waals surface area contributed by atoms with Crippen molar-refractivity contribution < 1.29 is 4.79 Å². The predicted octanol–water partition coefficient (Wildman–Crippen LogP) is 3.33. The van der Waals surface area contributed by atoms with Gasteiger partial charge in [0, 0.05) is 23.3 Å². The lowest BCUT2D eigenvalue weighted by atomic mass is 10.0. The molecule has 1 amide bonds. The molecule has 0 spiro atoms. The Morgan fingerprint density at radius 2 is 2.11 bits per heavy atom. The molecule has 1 heterocycles. The molecule has 1 aromatic carbocycles. The largest absolute Gasteiger partial charge is 0.361 e. The molecule has 96 valence electrons. The van der Waals surface area contributed by atoms with Crippen molar-refractivity contribution in [3.63, 3.8) is 0 Å². The lowest BCUT2D eigenvalue weighted by molar-refractivity contribution is 0.0928. The van der Waals surface area contributed by atoms with Gasteiger partial charge < -0.3 is 10.3 Å². The van der Waals surface area contributed by atoms with E-state index >= 15 is 0 Å². The number of rotatable bonds is 4. The number of hydrogen-bond donors (Lipinski definition) is 2. The van der Waals surface area contributed by atoms with Crippen molar-refractivity contribution in [2.45, 2.75) is 33.2 Å². The standard InChI is InChI=1S/C15H20N2O/c1-4-10(2)11(3)17-15(18)13-6-5-12-7-8-16-14(12)9-13/h5-11,16H,4H2,1-3H3,(H,17,18). The highest BCUT2D eigenvalue weighted by Gasteiger charge is 2.14. The third kappa shape index (κ3) is 2.55. The van der Waals surface area contributed by atoms with Crippen molar-refractivity contribution >= 4 is 16.8 Å². The fourth-order valence-electron chi connectivity index (χ4n) is 1.98. The van der Waals surface area contributed by atoms with E-state index in [1.54, 1.807) is 0 Å². The van der Waals surface area contributed by atoms with Crippen molar-refractivity contribution in [3.05, 3.63) is 36.0 Å². The number of H-pyrrole nitrogens is 1. The normalized spacial score (nSPS) is 14.4. The Kier molecular flexibility index (Phi) is 3.70. The Labute approximate surface area is 108 Å². The van der Waals surface area contributed by atoms with E-state index in [0.29, 0.717) is 11.5 Å². The number of carbonyl (C=O) groups is 1. The minimum atomic E-state index is -0.000648. The number of aromatic amines is 1. The molecule has 1 aromatic heterocycles. The molecule has 3 nitrogen and oxygen atoms in total. The Bertz CT molecular complexity index is 544. The van der Waals surface area contributed by atoms with E-state index < -0.39 is 0 Å². The van der Waals surface area contributed by atoms with Crippen LogP contribution in [0.3, 0.4) is 0 Å². The van der Waals surface area contributed by atoms with Crippen molar-refractivity contribution in [1.29, 1.82) is 0 Å². The Morgan fingerprint density at radius 3 is 2.83 bits per heavy atom. The number of aromatic nitrogens is 1. The van der Waals surface area contributed by atoms with Gasteiger partial charge in [-0.2, -0.15) is 0 Å². The average molecular weight is 244 g/mol. The molecule has 0 aliphatic rings. The quantitative estimate of drug-likeness (QED) is 0.851. The molecule has 3 heteroatoms. The lowest BCUT2D eigenvalue weighted by Gasteiger charge is -2.19. The Hall–Kier alpha value is -1.77. The molecular formula is C15H20N2O. The summed E-state index contributed by atoms with van der Waals surface area (Å²) in [5, 5.41) is 4.18. The molecule has 0 aliphatic heterocycles. The zero-order chi connectivity index (χ0) is 13.1. The van der Waals surface area contributed by atoms with Crippen LogP contribution >= 0.6 is 0 Å². The molecule has 18 heavy (non-hydrogen) atoms. The summed E-state index contributed by atoms with van der Waals surface area (Å²) in [6.45, 7) is 6.34. The lowest BCUT2D eigenvalue weighted by Crippen LogP contribution is -2.36. The van der Waals surface area contributed by atoms with Gasteiger partial charge in [0.1, 0.15) is 0 Å². The predicted molar refractivity (Wildman–Crippen MR) is 74.7 cm³/mol. The summed E-state index contributed by atoms with van der Waals surface area (Å²) in [5.74, 6) is 0.488. The van der Waals surface area contributed by atoms with Crippen molar-refractivity contribution in [1.82, 2.24) is 10.3 Å². The van der Waals surface area contributed by atoms with Gasteiger partial charge in [0.05, 0.1) is 0 Å². The zero-order valence-corrected chi connectivity index (χ0v) is 11.2. The fraction of sp³-hybridized carbons (Fsp3) is 0.400. The molecule has 0 bridgehead atoms. The number of benzene rings is 1. The maximum absolute atomic E-state index is 12.1. The van der Waals surface area contributed by atoms with Gasteiger partial charge in [-0.1, -0.05) is 26.3 Å². The number of nitrogens with one attached hydrogen (secondary N) is 2. The summed E-state index contributed by atoms with van der Waals surface area (Å²) in [5.41, 5.74) is 1.71. The van der Waals surface area contributed by atoms with Crippen LogP contribution in [0.25, 0.3) is 10.9 Å². The van der Waals surface area contributed by atoms with Crippen LogP contribution in [0.5, 0.6) is 0 Å². The first-order valence-electron chi connectivity index (χ1n) is 6.49. The molecule has 2 N–H and O–H groups in total. The molecular weight excluding hydrogens is 224 g/mol. The van der Waals surface area contributed by atoms with Crippen LogP contribution in [-0.2, 0) is 0 Å². The van der Waals surface area contributed by atoms with Crippen molar-refractivity contribution in [2.24, 2.45) is 5.92 Å². The van der Waals surface area contributed by atoms with Crippen molar-refractivity contribution in [3.8, 4) is 0 Å². The molecule has 0 radical (unpaired) electrons. The van der Waals surface area contributed by atoms with Crippen LogP contribution < -0.4 is 5.32 Å². The van der Waals surface area contributed by atoms with Gasteiger partial charge in [0.25, 0.3) is 5.91 Å². The molecule has 2 atom stereocenters. The second-order valence-electron chi connectivity index (χ2n) is 4.93. The second-order valence-corrected chi connectivity index (χ2v) is 4.93. The summed E-state index contributed by atoms with van der Waals surface area (Å²) in [6, 6.07) is 7.93. The van der Waals surface area contributed by atoms with Gasteiger partial charge in [-0.3, -0.25) is 4.79 Å². The number of fused-ring (bicyclic) bond motifs is 1. The summed E-state index contributed by atoms with van der Waals surface area (Å²) in [7, 11) is 0. The maximum Gasteiger partial charge on any atom is 0.251 e. The van der Waals surface area contributed by atoms with Crippen LogP contribution in [0, 0.1) is 5.92 Å². The van der Waals surface area contributed by atoms with Crippen LogP contribution in [-0.4, -0.2) is 16.9 Å². The smallest absolute Gasteiger partial charge is 0.251 e. The highest BCUT2D eigenvalue weighted by atomic mass is 16.1. The maximum atomic E-state index is 12.1. The van der Waals surface area contributed by atoms with Crippen LogP contribution in [0.15, 0.2) is 30.5 Å². The highest BCUT2D eigenvalue weighted by molar-refractivity contribution is 5.98. The van der Waals surface area contributed by atoms with E-state index in [1.165, 1.54) is 0 Å². The molecule has 0 aliphatic carbocycles. The SMILES string of the molecule is CCC(C)C(C)NC(=O)c1ccc2cc[nH]c2c1. The number of amides is 1. The molecule has 2 rings (SSSR count). The van der Waals surface area contributed by atoms with Gasteiger partial charge in [0.15, 0.2) is 0 Å². The van der Waals surface area contributed by atoms with Crippen molar-refractivity contribution in [2.75, 3.05) is 0 Å². The minimum Gasteiger partial charge on any atom is -0.361 e. The van der Waals surface area contributed by atoms with Crippen LogP contribution in [0.4, 0.5) is 0 Å². The highest BCUT2D eigenvalue weighted by Crippen LogP contribution is 2.15. The van der Waals surface area contributed by atoms with E-state index in [-0.39, 0.29) is 11.9 Å². The van der Waals surface area contributed by atoms with E-state index in [1.807, 2.05) is 30.5 Å². The fourth-order valence-corrected chi connectivity index (χ4v) is 1.98. The second kappa shape index (κ2) is 5.25. The van der Waals surface area contributed by atoms with E-state index in [0.717, 1.165) is 17.3 Å². The van der Waals surface area contributed by atoms with E-state index in [2.05, 4.69) is 31.1 Å². The molecule has 0 saturated heterocycles. The summed E-state index contributed by atoms with van der Waals surface area (Å²) >= 11 is 0. The summed E-state index contributed by atoms with van der Waals surface area (Å²) in [4.78, 5) is 15.2. The number of carbonyl (C=O) groups excluding carboxylic acids is 1. The van der Waals surface area contributed by atoms with Gasteiger partial charge >= 0.3 is 0 Å². The topological polar surface area (TPSA) is 44.9 Å². The Morgan fingerprint density at radius 1 is 1.33 bits per heavy atom. The van der Waals surface area contributed by atoms with Gasteiger partial charge in [-0.15, -0.1) is 0 Å². The average Bonchev–Trinajstić information content (AvgIpc) is 2.84.